The third-order valence-electron chi connectivity index (χ3n) is 1.66. The van der Waals surface area contributed by atoms with E-state index in [0.717, 1.165) is 0 Å². The molecule has 0 aromatic rings. The van der Waals surface area contributed by atoms with Crippen LogP contribution in [0.4, 0.5) is 0 Å². The van der Waals surface area contributed by atoms with Gasteiger partial charge < -0.3 is 10.8 Å². The van der Waals surface area contributed by atoms with Crippen LogP contribution in [0.2, 0.25) is 0 Å². The minimum absolute atomic E-state index is 0.432. The van der Waals surface area contributed by atoms with Crippen molar-refractivity contribution in [3.8, 4) is 0 Å². The number of hydrogen-bond acceptors (Lipinski definition) is 3. The van der Waals surface area contributed by atoms with Crippen molar-refractivity contribution in [1.29, 1.82) is 0 Å². The van der Waals surface area contributed by atoms with Gasteiger partial charge in [0.1, 0.15) is 4.75 Å². The summed E-state index contributed by atoms with van der Waals surface area (Å²) in [6, 6.07) is -0.432. The van der Waals surface area contributed by atoms with E-state index < -0.39 is 16.8 Å². The molecule has 0 amide bonds. The molecule has 0 aliphatic heterocycles. The second kappa shape index (κ2) is 3.25. The van der Waals surface area contributed by atoms with Gasteiger partial charge in [0.25, 0.3) is 0 Å². The molecular weight excluding hydrogens is 150 g/mol. The number of aliphatic carboxylic acids is 1. The van der Waals surface area contributed by atoms with Crippen molar-refractivity contribution in [2.24, 2.45) is 5.73 Å². The third-order valence-corrected chi connectivity index (χ3v) is 2.58. The first kappa shape index (κ1) is 9.78. The van der Waals surface area contributed by atoms with Crippen LogP contribution in [0, 0.1) is 0 Å². The van der Waals surface area contributed by atoms with Crippen molar-refractivity contribution in [2.45, 2.75) is 31.1 Å². The lowest BCUT2D eigenvalue weighted by atomic mass is 9.98. The fourth-order valence-electron chi connectivity index (χ4n) is 0.668. The zero-order valence-corrected chi connectivity index (χ0v) is 7.06. The van der Waals surface area contributed by atoms with Crippen LogP contribution in [-0.2, 0) is 4.79 Å². The van der Waals surface area contributed by atoms with Crippen molar-refractivity contribution in [2.75, 3.05) is 0 Å². The van der Waals surface area contributed by atoms with Crippen LogP contribution in [0.25, 0.3) is 0 Å². The van der Waals surface area contributed by atoms with Gasteiger partial charge in [-0.2, -0.15) is 12.6 Å². The van der Waals surface area contributed by atoms with E-state index in [1.54, 1.807) is 13.8 Å². The first-order valence-electron chi connectivity index (χ1n) is 3.16. The lowest BCUT2D eigenvalue weighted by molar-refractivity contribution is -0.140. The average Bonchev–Trinajstić information content (AvgIpc) is 1.85. The molecule has 4 heteroatoms. The van der Waals surface area contributed by atoms with Crippen LogP contribution in [-0.4, -0.2) is 21.9 Å². The SMILES string of the molecule is CCC(S)(C(=O)O)C(C)N. The lowest BCUT2D eigenvalue weighted by Crippen LogP contribution is -2.47. The molecule has 60 valence electrons. The summed E-state index contributed by atoms with van der Waals surface area (Å²) in [5.74, 6) is -0.951. The molecule has 0 aromatic carbocycles. The average molecular weight is 163 g/mol. The minimum atomic E-state index is -1.07. The number of thiol groups is 1. The molecule has 2 unspecified atom stereocenters. The highest BCUT2D eigenvalue weighted by atomic mass is 32.1. The van der Waals surface area contributed by atoms with E-state index in [1.807, 2.05) is 0 Å². The van der Waals surface area contributed by atoms with Gasteiger partial charge in [0.15, 0.2) is 0 Å². The highest BCUT2D eigenvalue weighted by Crippen LogP contribution is 2.22. The van der Waals surface area contributed by atoms with Gasteiger partial charge in [-0.1, -0.05) is 6.92 Å². The molecule has 0 aromatic heterocycles. The van der Waals surface area contributed by atoms with Crippen LogP contribution in [0.5, 0.6) is 0 Å². The Bertz CT molecular complexity index is 138. The summed E-state index contributed by atoms with van der Waals surface area (Å²) in [7, 11) is 0. The van der Waals surface area contributed by atoms with Crippen LogP contribution >= 0.6 is 12.6 Å². The Hall–Kier alpha value is -0.220. The fraction of sp³-hybridized carbons (Fsp3) is 0.833. The first-order chi connectivity index (χ1) is 4.45. The van der Waals surface area contributed by atoms with Gasteiger partial charge >= 0.3 is 5.97 Å². The predicted octanol–water partition coefficient (Wildman–Crippen LogP) is 0.497. The maximum atomic E-state index is 10.5. The van der Waals surface area contributed by atoms with Crippen molar-refractivity contribution >= 4 is 18.6 Å². The Morgan fingerprint density at radius 1 is 1.90 bits per heavy atom. The standard InChI is InChI=1S/C6H13NO2S/c1-3-6(10,4(2)7)5(8)9/h4,10H,3,7H2,1-2H3,(H,8,9). The topological polar surface area (TPSA) is 63.3 Å². The summed E-state index contributed by atoms with van der Waals surface area (Å²) in [6.45, 7) is 3.40. The van der Waals surface area contributed by atoms with Crippen LogP contribution in [0.3, 0.4) is 0 Å². The molecule has 3 N–H and O–H groups in total. The number of nitrogens with two attached hydrogens (primary N) is 1. The number of hydrogen-bond donors (Lipinski definition) is 3. The van der Waals surface area contributed by atoms with Gasteiger partial charge in [0, 0.05) is 6.04 Å². The number of carbonyl (C=O) groups is 1. The highest BCUT2D eigenvalue weighted by Gasteiger charge is 2.36. The summed E-state index contributed by atoms with van der Waals surface area (Å²) >= 11 is 3.98. The van der Waals surface area contributed by atoms with E-state index in [9.17, 15) is 4.79 Å². The van der Waals surface area contributed by atoms with Crippen molar-refractivity contribution in [3.63, 3.8) is 0 Å². The van der Waals surface area contributed by atoms with Gasteiger partial charge in [-0.3, -0.25) is 4.79 Å². The fourth-order valence-corrected chi connectivity index (χ4v) is 0.668. The van der Waals surface area contributed by atoms with E-state index in [0.29, 0.717) is 6.42 Å². The molecule has 0 radical (unpaired) electrons. The van der Waals surface area contributed by atoms with Gasteiger partial charge in [-0.25, -0.2) is 0 Å². The number of carboxylic acid groups (broad SMARTS) is 1. The second-order valence-corrected chi connectivity index (χ2v) is 3.17. The second-order valence-electron chi connectivity index (χ2n) is 2.37. The monoisotopic (exact) mass is 163 g/mol. The summed E-state index contributed by atoms with van der Waals surface area (Å²) in [4.78, 5) is 10.5. The molecule has 0 spiro atoms. The van der Waals surface area contributed by atoms with Gasteiger partial charge in [0.2, 0.25) is 0 Å². The van der Waals surface area contributed by atoms with Gasteiger partial charge in [-0.15, -0.1) is 0 Å². The predicted molar refractivity (Wildman–Crippen MR) is 43.3 cm³/mol. The van der Waals surface area contributed by atoms with Crippen molar-refractivity contribution in [1.82, 2.24) is 0 Å². The molecular formula is C6H13NO2S. The van der Waals surface area contributed by atoms with Gasteiger partial charge in [0.05, 0.1) is 0 Å². The molecule has 0 fully saturated rings. The molecule has 0 rings (SSSR count). The third kappa shape index (κ3) is 1.64. The molecule has 2 atom stereocenters. The number of rotatable bonds is 3. The zero-order valence-electron chi connectivity index (χ0n) is 6.16. The Kier molecular flexibility index (Phi) is 3.18. The Balaban J connectivity index is 4.38. The van der Waals surface area contributed by atoms with Crippen LogP contribution in [0.15, 0.2) is 0 Å². The van der Waals surface area contributed by atoms with Crippen molar-refractivity contribution in [3.05, 3.63) is 0 Å². The van der Waals surface area contributed by atoms with Gasteiger partial charge in [-0.05, 0) is 13.3 Å². The van der Waals surface area contributed by atoms with E-state index >= 15 is 0 Å². The number of carboxylic acids is 1. The maximum absolute atomic E-state index is 10.5. The molecule has 0 aliphatic rings. The molecule has 3 nitrogen and oxygen atoms in total. The molecule has 0 heterocycles. The quantitative estimate of drug-likeness (QED) is 0.531. The first-order valence-corrected chi connectivity index (χ1v) is 3.61. The summed E-state index contributed by atoms with van der Waals surface area (Å²) < 4.78 is -1.07. The molecule has 0 aliphatic carbocycles. The normalized spacial score (nSPS) is 19.6. The van der Waals surface area contributed by atoms with E-state index in [1.165, 1.54) is 0 Å². The molecule has 10 heavy (non-hydrogen) atoms. The Labute approximate surface area is 66.0 Å². The zero-order chi connectivity index (χ0) is 8.36. The summed E-state index contributed by atoms with van der Waals surface area (Å²) in [5.41, 5.74) is 5.43. The van der Waals surface area contributed by atoms with Crippen LogP contribution in [0.1, 0.15) is 20.3 Å². The van der Waals surface area contributed by atoms with Crippen molar-refractivity contribution < 1.29 is 9.90 Å². The largest absolute Gasteiger partial charge is 0.480 e. The smallest absolute Gasteiger partial charge is 0.321 e. The molecule has 0 saturated heterocycles. The summed E-state index contributed by atoms with van der Waals surface area (Å²) in [5, 5.41) is 8.65. The minimum Gasteiger partial charge on any atom is -0.480 e. The van der Waals surface area contributed by atoms with E-state index in [2.05, 4.69) is 12.6 Å². The summed E-state index contributed by atoms with van der Waals surface area (Å²) in [6.07, 6.45) is 0.434. The molecule has 0 saturated carbocycles. The maximum Gasteiger partial charge on any atom is 0.321 e. The Morgan fingerprint density at radius 3 is 2.30 bits per heavy atom. The van der Waals surface area contributed by atoms with E-state index in [4.69, 9.17) is 10.8 Å². The molecule has 0 bridgehead atoms. The van der Waals surface area contributed by atoms with Crippen LogP contribution < -0.4 is 5.73 Å². The van der Waals surface area contributed by atoms with E-state index in [-0.39, 0.29) is 0 Å². The lowest BCUT2D eigenvalue weighted by Gasteiger charge is -2.25. The Morgan fingerprint density at radius 2 is 2.30 bits per heavy atom. The highest BCUT2D eigenvalue weighted by molar-refractivity contribution is 7.82.